The van der Waals surface area contributed by atoms with E-state index in [1.165, 1.54) is 0 Å². The molecule has 0 bridgehead atoms. The Hall–Kier alpha value is -2.34. The van der Waals surface area contributed by atoms with Crippen LogP contribution in [-0.4, -0.2) is 27.0 Å². The van der Waals surface area contributed by atoms with Gasteiger partial charge in [-0.15, -0.1) is 23.4 Å². The Morgan fingerprint density at radius 1 is 1.29 bits per heavy atom. The molecule has 1 aromatic carbocycles. The maximum atomic E-state index is 4.43. The number of hydrogen-bond donors (Lipinski definition) is 0. The number of thioether (sulfide) groups is 1. The fraction of sp³-hybridized carbons (Fsp3) is 0.133. The van der Waals surface area contributed by atoms with E-state index in [4.69, 9.17) is 0 Å². The molecule has 21 heavy (non-hydrogen) atoms. The lowest BCUT2D eigenvalue weighted by molar-refractivity contribution is 0.701. The topological polar surface area (TPSA) is 46.3 Å². The van der Waals surface area contributed by atoms with E-state index >= 15 is 0 Å². The van der Waals surface area contributed by atoms with Crippen molar-refractivity contribution in [2.75, 3.05) is 10.8 Å². The summed E-state index contributed by atoms with van der Waals surface area (Å²) in [6, 6.07) is 8.08. The van der Waals surface area contributed by atoms with Gasteiger partial charge in [0.15, 0.2) is 5.82 Å². The second kappa shape index (κ2) is 6.41. The normalized spacial score (nSPS) is 13.0. The third-order valence-electron chi connectivity index (χ3n) is 2.91. The molecule has 0 saturated carbocycles. The van der Waals surface area contributed by atoms with Gasteiger partial charge in [-0.3, -0.25) is 0 Å². The number of anilines is 2. The smallest absolute Gasteiger partial charge is 0.196 e. The minimum atomic E-state index is 0.710. The second-order valence-corrected chi connectivity index (χ2v) is 5.40. The highest BCUT2D eigenvalue weighted by molar-refractivity contribution is 7.98. The summed E-state index contributed by atoms with van der Waals surface area (Å²) >= 11 is 1.73. The van der Waals surface area contributed by atoms with Crippen molar-refractivity contribution in [3.63, 3.8) is 0 Å². The van der Waals surface area contributed by atoms with E-state index in [1.807, 2.05) is 42.6 Å². The average molecular weight is 297 g/mol. The van der Waals surface area contributed by atoms with Gasteiger partial charge in [0, 0.05) is 17.5 Å². The zero-order valence-corrected chi connectivity index (χ0v) is 12.3. The maximum Gasteiger partial charge on any atom is 0.196 e. The summed E-state index contributed by atoms with van der Waals surface area (Å²) in [5.41, 5.74) is 2.10. The molecule has 0 radical (unpaired) electrons. The van der Waals surface area contributed by atoms with Crippen LogP contribution in [0.25, 0.3) is 6.08 Å². The van der Waals surface area contributed by atoms with Gasteiger partial charge in [0.2, 0.25) is 0 Å². The molecule has 0 aliphatic carbocycles. The average Bonchev–Trinajstić information content (AvgIpc) is 2.87. The van der Waals surface area contributed by atoms with Crippen LogP contribution in [0.3, 0.4) is 0 Å². The Kier molecular flexibility index (Phi) is 4.16. The van der Waals surface area contributed by atoms with E-state index < -0.39 is 0 Å². The van der Waals surface area contributed by atoms with Gasteiger partial charge in [0.05, 0.1) is 17.8 Å². The van der Waals surface area contributed by atoms with Gasteiger partial charge < -0.3 is 0 Å². The summed E-state index contributed by atoms with van der Waals surface area (Å²) in [7, 11) is 0. The molecular weight excluding hydrogens is 282 g/mol. The van der Waals surface area contributed by atoms with E-state index in [-0.39, 0.29) is 0 Å². The van der Waals surface area contributed by atoms with Crippen molar-refractivity contribution in [3.8, 4) is 0 Å². The predicted molar refractivity (Wildman–Crippen MR) is 88.8 cm³/mol. The molecule has 2 aromatic rings. The Labute approximate surface area is 127 Å². The van der Waals surface area contributed by atoms with Crippen molar-refractivity contribution in [1.82, 2.24) is 15.0 Å². The van der Waals surface area contributed by atoms with Crippen LogP contribution in [0.15, 0.2) is 54.3 Å². The van der Waals surface area contributed by atoms with Gasteiger partial charge in [0.1, 0.15) is 0 Å². The van der Waals surface area contributed by atoms with Crippen LogP contribution in [-0.2, 0) is 5.88 Å². The van der Waals surface area contributed by atoms with Crippen LogP contribution in [0, 0.1) is 0 Å². The molecule has 5 nitrogen and oxygen atoms in total. The van der Waals surface area contributed by atoms with E-state index in [9.17, 15) is 0 Å². The molecule has 0 unspecified atom stereocenters. The quantitative estimate of drug-likeness (QED) is 0.627. The lowest BCUT2D eigenvalue weighted by Crippen LogP contribution is -2.09. The van der Waals surface area contributed by atoms with E-state index in [1.54, 1.807) is 27.7 Å². The largest absolute Gasteiger partial charge is 0.240 e. The van der Waals surface area contributed by atoms with Crippen molar-refractivity contribution in [1.29, 1.82) is 0 Å². The van der Waals surface area contributed by atoms with Gasteiger partial charge in [-0.1, -0.05) is 35.6 Å². The first-order chi connectivity index (χ1) is 10.4. The van der Waals surface area contributed by atoms with Gasteiger partial charge >= 0.3 is 0 Å². The molecule has 0 amide bonds. The van der Waals surface area contributed by atoms with Crippen LogP contribution in [0.1, 0.15) is 5.56 Å². The zero-order valence-electron chi connectivity index (χ0n) is 11.5. The number of para-hydroxylation sites is 1. The highest BCUT2D eigenvalue weighted by atomic mass is 32.2. The number of rotatable bonds is 5. The fourth-order valence-corrected chi connectivity index (χ4v) is 2.58. The molecule has 1 aromatic heterocycles. The number of fused-ring (bicyclic) bond motifs is 1. The third kappa shape index (κ3) is 3.05. The Bertz CT molecular complexity index is 689. The van der Waals surface area contributed by atoms with Crippen LogP contribution in [0.4, 0.5) is 11.5 Å². The maximum absolute atomic E-state index is 4.43. The molecule has 106 valence electrons. The first-order valence-corrected chi connectivity index (χ1v) is 7.72. The molecule has 0 spiro atoms. The number of hydrazone groups is 1. The number of benzene rings is 1. The van der Waals surface area contributed by atoms with Gasteiger partial charge in [0.25, 0.3) is 0 Å². The summed E-state index contributed by atoms with van der Waals surface area (Å²) in [6.45, 7) is 3.71. The van der Waals surface area contributed by atoms with Crippen molar-refractivity contribution >= 4 is 35.6 Å². The molecule has 2 heterocycles. The van der Waals surface area contributed by atoms with Crippen molar-refractivity contribution in [2.24, 2.45) is 5.10 Å². The lowest BCUT2D eigenvalue weighted by atomic mass is 10.1. The van der Waals surface area contributed by atoms with Crippen LogP contribution in [0.2, 0.25) is 0 Å². The molecule has 0 N–H and O–H groups in total. The van der Waals surface area contributed by atoms with Crippen LogP contribution >= 0.6 is 11.8 Å². The SMILES string of the molecule is C=CCSCn1cc(N2N=CC=Cc3ccccc32)nn1. The second-order valence-electron chi connectivity index (χ2n) is 4.40. The van der Waals surface area contributed by atoms with Crippen LogP contribution < -0.4 is 5.01 Å². The molecule has 3 rings (SSSR count). The highest BCUT2D eigenvalue weighted by Crippen LogP contribution is 2.29. The van der Waals surface area contributed by atoms with Crippen molar-refractivity contribution < 1.29 is 0 Å². The predicted octanol–water partition coefficient (Wildman–Crippen LogP) is 3.31. The Morgan fingerprint density at radius 3 is 3.10 bits per heavy atom. The molecule has 0 atom stereocenters. The van der Waals surface area contributed by atoms with Crippen molar-refractivity contribution in [3.05, 3.63) is 54.8 Å². The number of allylic oxidation sites excluding steroid dienone is 1. The molecule has 1 aliphatic heterocycles. The molecule has 6 heteroatoms. The van der Waals surface area contributed by atoms with Crippen LogP contribution in [0.5, 0.6) is 0 Å². The lowest BCUT2D eigenvalue weighted by Gasteiger charge is -2.16. The zero-order chi connectivity index (χ0) is 14.5. The van der Waals surface area contributed by atoms with E-state index in [0.29, 0.717) is 5.82 Å². The monoisotopic (exact) mass is 297 g/mol. The summed E-state index contributed by atoms with van der Waals surface area (Å²) in [4.78, 5) is 0. The minimum Gasteiger partial charge on any atom is -0.240 e. The summed E-state index contributed by atoms with van der Waals surface area (Å²) < 4.78 is 1.81. The molecule has 1 aliphatic rings. The van der Waals surface area contributed by atoms with Crippen molar-refractivity contribution in [2.45, 2.75) is 5.88 Å². The standard InChI is InChI=1S/C15H15N5S/c1-2-10-21-12-19-11-15(17-18-19)20-14-8-4-3-6-13(14)7-5-9-16-20/h2-9,11H,1,10,12H2. The molecular formula is C15H15N5S. The third-order valence-corrected chi connectivity index (χ3v) is 3.83. The van der Waals surface area contributed by atoms with E-state index in [2.05, 4.69) is 28.1 Å². The summed E-state index contributed by atoms with van der Waals surface area (Å²) in [6.07, 6.45) is 9.48. The minimum absolute atomic E-state index is 0.710. The summed E-state index contributed by atoms with van der Waals surface area (Å²) in [5.74, 6) is 2.35. The van der Waals surface area contributed by atoms with Gasteiger partial charge in [-0.05, 0) is 12.1 Å². The first-order valence-electron chi connectivity index (χ1n) is 6.57. The first kappa shape index (κ1) is 13.6. The molecule has 0 fully saturated rings. The number of aromatic nitrogens is 3. The number of nitrogens with zero attached hydrogens (tertiary/aromatic N) is 5. The van der Waals surface area contributed by atoms with Gasteiger partial charge in [-0.2, -0.15) is 5.10 Å². The Morgan fingerprint density at radius 2 is 2.19 bits per heavy atom. The van der Waals surface area contributed by atoms with E-state index in [0.717, 1.165) is 22.9 Å². The fourth-order valence-electron chi connectivity index (χ4n) is 2.00. The van der Waals surface area contributed by atoms with Gasteiger partial charge in [-0.25, -0.2) is 9.69 Å². The number of hydrogen-bond acceptors (Lipinski definition) is 5. The summed E-state index contributed by atoms with van der Waals surface area (Å²) in [5, 5.41) is 14.6. The highest BCUT2D eigenvalue weighted by Gasteiger charge is 2.15. The Balaban J connectivity index is 1.85. The molecule has 0 saturated heterocycles.